The SMILES string of the molecule is CCCCCOCc1nc(C(C)(C)N)no1. The predicted octanol–water partition coefficient (Wildman–Crippen LogP) is 1.97. The zero-order chi connectivity index (χ0) is 12.0. The Balaban J connectivity index is 2.30. The summed E-state index contributed by atoms with van der Waals surface area (Å²) in [4.78, 5) is 4.17. The number of unbranched alkanes of at least 4 members (excludes halogenated alkanes) is 2. The van der Waals surface area contributed by atoms with Crippen molar-refractivity contribution >= 4 is 0 Å². The molecule has 1 aromatic heterocycles. The van der Waals surface area contributed by atoms with E-state index in [1.165, 1.54) is 12.8 Å². The molecule has 0 saturated carbocycles. The van der Waals surface area contributed by atoms with Crippen LogP contribution in [0.3, 0.4) is 0 Å². The van der Waals surface area contributed by atoms with Gasteiger partial charge >= 0.3 is 0 Å². The van der Waals surface area contributed by atoms with Crippen LogP contribution in [0.25, 0.3) is 0 Å². The third-order valence-electron chi connectivity index (χ3n) is 2.16. The molecule has 0 saturated heterocycles. The van der Waals surface area contributed by atoms with Crippen molar-refractivity contribution in [1.29, 1.82) is 0 Å². The molecule has 0 aliphatic rings. The van der Waals surface area contributed by atoms with Gasteiger partial charge in [0, 0.05) is 6.61 Å². The Bertz CT molecular complexity index is 304. The maximum Gasteiger partial charge on any atom is 0.252 e. The quantitative estimate of drug-likeness (QED) is 0.721. The molecule has 1 heterocycles. The van der Waals surface area contributed by atoms with E-state index in [2.05, 4.69) is 17.1 Å². The number of nitrogens with two attached hydrogens (primary N) is 1. The van der Waals surface area contributed by atoms with Gasteiger partial charge in [0.2, 0.25) is 0 Å². The summed E-state index contributed by atoms with van der Waals surface area (Å²) in [5.74, 6) is 1.00. The highest BCUT2D eigenvalue weighted by atomic mass is 16.5. The Hall–Kier alpha value is -0.940. The average Bonchev–Trinajstić information content (AvgIpc) is 2.65. The summed E-state index contributed by atoms with van der Waals surface area (Å²) in [5.41, 5.74) is 5.27. The molecular formula is C11H21N3O2. The standard InChI is InChI=1S/C11H21N3O2/c1-4-5-6-7-15-8-9-13-10(14-16-9)11(2,3)12/h4-8,12H2,1-3H3. The first kappa shape index (κ1) is 13.1. The predicted molar refractivity (Wildman–Crippen MR) is 60.7 cm³/mol. The minimum Gasteiger partial charge on any atom is -0.372 e. The van der Waals surface area contributed by atoms with E-state index in [1.807, 2.05) is 13.8 Å². The molecular weight excluding hydrogens is 206 g/mol. The molecule has 16 heavy (non-hydrogen) atoms. The highest BCUT2D eigenvalue weighted by Gasteiger charge is 2.21. The molecule has 0 aliphatic heterocycles. The van der Waals surface area contributed by atoms with Gasteiger partial charge in [-0.25, -0.2) is 0 Å². The van der Waals surface area contributed by atoms with Crippen molar-refractivity contribution in [1.82, 2.24) is 10.1 Å². The second kappa shape index (κ2) is 5.96. The number of rotatable bonds is 7. The topological polar surface area (TPSA) is 74.2 Å². The average molecular weight is 227 g/mol. The molecule has 0 aliphatic carbocycles. The van der Waals surface area contributed by atoms with Gasteiger partial charge in [-0.1, -0.05) is 24.9 Å². The van der Waals surface area contributed by atoms with Crippen LogP contribution in [0.4, 0.5) is 0 Å². The van der Waals surface area contributed by atoms with E-state index in [0.717, 1.165) is 13.0 Å². The molecule has 0 bridgehead atoms. The first-order chi connectivity index (χ1) is 7.54. The molecule has 0 spiro atoms. The van der Waals surface area contributed by atoms with Gasteiger partial charge < -0.3 is 15.0 Å². The van der Waals surface area contributed by atoms with Crippen molar-refractivity contribution in [3.8, 4) is 0 Å². The van der Waals surface area contributed by atoms with Gasteiger partial charge in [0.15, 0.2) is 5.82 Å². The fourth-order valence-corrected chi connectivity index (χ4v) is 1.19. The van der Waals surface area contributed by atoms with Gasteiger partial charge in [-0.3, -0.25) is 0 Å². The lowest BCUT2D eigenvalue weighted by atomic mass is 10.1. The van der Waals surface area contributed by atoms with E-state index >= 15 is 0 Å². The van der Waals surface area contributed by atoms with Crippen LogP contribution in [0, 0.1) is 0 Å². The summed E-state index contributed by atoms with van der Waals surface area (Å²) in [6, 6.07) is 0. The van der Waals surface area contributed by atoms with Crippen molar-refractivity contribution in [3.63, 3.8) is 0 Å². The molecule has 0 fully saturated rings. The van der Waals surface area contributed by atoms with Gasteiger partial charge in [-0.15, -0.1) is 0 Å². The van der Waals surface area contributed by atoms with Gasteiger partial charge in [0.05, 0.1) is 5.54 Å². The first-order valence-corrected chi connectivity index (χ1v) is 5.73. The minimum absolute atomic E-state index is 0.368. The van der Waals surface area contributed by atoms with Crippen LogP contribution in [-0.4, -0.2) is 16.7 Å². The Kier molecular flexibility index (Phi) is 4.89. The van der Waals surface area contributed by atoms with E-state index in [4.69, 9.17) is 15.0 Å². The normalized spacial score (nSPS) is 12.0. The molecule has 0 atom stereocenters. The van der Waals surface area contributed by atoms with Crippen molar-refractivity contribution in [2.45, 2.75) is 52.2 Å². The van der Waals surface area contributed by atoms with E-state index in [0.29, 0.717) is 18.3 Å². The molecule has 92 valence electrons. The fourth-order valence-electron chi connectivity index (χ4n) is 1.19. The maximum atomic E-state index is 5.84. The molecule has 0 unspecified atom stereocenters. The van der Waals surface area contributed by atoms with E-state index in [1.54, 1.807) is 0 Å². The minimum atomic E-state index is -0.566. The molecule has 0 aromatic carbocycles. The number of aromatic nitrogens is 2. The molecule has 1 aromatic rings. The summed E-state index contributed by atoms with van der Waals surface area (Å²) < 4.78 is 10.4. The lowest BCUT2D eigenvalue weighted by Crippen LogP contribution is -2.30. The van der Waals surface area contributed by atoms with Gasteiger partial charge in [0.1, 0.15) is 6.61 Å². The second-order valence-electron chi connectivity index (χ2n) is 4.49. The largest absolute Gasteiger partial charge is 0.372 e. The van der Waals surface area contributed by atoms with Gasteiger partial charge in [0.25, 0.3) is 5.89 Å². The highest BCUT2D eigenvalue weighted by molar-refractivity contribution is 4.98. The van der Waals surface area contributed by atoms with E-state index in [-0.39, 0.29) is 0 Å². The van der Waals surface area contributed by atoms with E-state index in [9.17, 15) is 0 Å². The van der Waals surface area contributed by atoms with Crippen molar-refractivity contribution in [2.24, 2.45) is 5.73 Å². The Morgan fingerprint density at radius 1 is 1.38 bits per heavy atom. The Morgan fingerprint density at radius 2 is 2.12 bits per heavy atom. The molecule has 0 amide bonds. The van der Waals surface area contributed by atoms with Crippen LogP contribution in [0.5, 0.6) is 0 Å². The van der Waals surface area contributed by atoms with Crippen LogP contribution < -0.4 is 5.73 Å². The summed E-state index contributed by atoms with van der Waals surface area (Å²) in [5, 5.41) is 3.81. The Morgan fingerprint density at radius 3 is 2.69 bits per heavy atom. The van der Waals surface area contributed by atoms with Crippen LogP contribution >= 0.6 is 0 Å². The lowest BCUT2D eigenvalue weighted by Gasteiger charge is -2.11. The first-order valence-electron chi connectivity index (χ1n) is 5.73. The summed E-state index contributed by atoms with van der Waals surface area (Å²) >= 11 is 0. The third-order valence-corrected chi connectivity index (χ3v) is 2.16. The zero-order valence-electron chi connectivity index (χ0n) is 10.3. The van der Waals surface area contributed by atoms with Crippen molar-refractivity contribution in [2.75, 3.05) is 6.61 Å². The fraction of sp³-hybridized carbons (Fsp3) is 0.818. The third kappa shape index (κ3) is 4.28. The second-order valence-corrected chi connectivity index (χ2v) is 4.49. The number of nitrogens with zero attached hydrogens (tertiary/aromatic N) is 2. The van der Waals surface area contributed by atoms with Crippen LogP contribution in [0.1, 0.15) is 51.7 Å². The molecule has 1 rings (SSSR count). The summed E-state index contributed by atoms with van der Waals surface area (Å²) in [7, 11) is 0. The van der Waals surface area contributed by atoms with Crippen LogP contribution in [0.2, 0.25) is 0 Å². The van der Waals surface area contributed by atoms with Crippen molar-refractivity contribution < 1.29 is 9.26 Å². The van der Waals surface area contributed by atoms with Crippen molar-refractivity contribution in [3.05, 3.63) is 11.7 Å². The van der Waals surface area contributed by atoms with Crippen LogP contribution in [0.15, 0.2) is 4.52 Å². The Labute approximate surface area is 96.4 Å². The van der Waals surface area contributed by atoms with Gasteiger partial charge in [-0.2, -0.15) is 4.98 Å². The van der Waals surface area contributed by atoms with Gasteiger partial charge in [-0.05, 0) is 20.3 Å². The van der Waals surface area contributed by atoms with Crippen LogP contribution in [-0.2, 0) is 16.9 Å². The number of ether oxygens (including phenoxy) is 1. The molecule has 0 radical (unpaired) electrons. The molecule has 5 nitrogen and oxygen atoms in total. The zero-order valence-corrected chi connectivity index (χ0v) is 10.3. The molecule has 2 N–H and O–H groups in total. The molecule has 5 heteroatoms. The summed E-state index contributed by atoms with van der Waals surface area (Å²) in [6.07, 6.45) is 3.44. The number of hydrogen-bond acceptors (Lipinski definition) is 5. The summed E-state index contributed by atoms with van der Waals surface area (Å²) in [6.45, 7) is 6.94. The smallest absolute Gasteiger partial charge is 0.252 e. The highest BCUT2D eigenvalue weighted by Crippen LogP contribution is 2.12. The lowest BCUT2D eigenvalue weighted by molar-refractivity contribution is 0.0945. The van der Waals surface area contributed by atoms with E-state index < -0.39 is 5.54 Å². The monoisotopic (exact) mass is 227 g/mol. The maximum absolute atomic E-state index is 5.84. The number of hydrogen-bond donors (Lipinski definition) is 1.